The Bertz CT molecular complexity index is 854. The molecule has 0 saturated heterocycles. The summed E-state index contributed by atoms with van der Waals surface area (Å²) in [4.78, 5) is 12.7. The van der Waals surface area contributed by atoms with Crippen LogP contribution in [-0.2, 0) is 0 Å². The van der Waals surface area contributed by atoms with Crippen molar-refractivity contribution in [2.75, 3.05) is 0 Å². The molecule has 1 unspecified atom stereocenters. The van der Waals surface area contributed by atoms with Gasteiger partial charge in [0.25, 0.3) is 5.56 Å². The van der Waals surface area contributed by atoms with Crippen molar-refractivity contribution in [1.29, 1.82) is 0 Å². The van der Waals surface area contributed by atoms with Crippen molar-refractivity contribution in [2.45, 2.75) is 13.0 Å². The Labute approximate surface area is 120 Å². The highest BCUT2D eigenvalue weighted by Crippen LogP contribution is 2.26. The average molecular weight is 283 g/mol. The molecule has 0 saturated carbocycles. The predicted molar refractivity (Wildman–Crippen MR) is 79.7 cm³/mol. The standard InChI is InChI=1S/C17H14FNO2/c1-11(20)15-9-14-8-7-13(18)10-19(14)17(21)16(15)12-5-3-2-4-6-12/h2-11,20H,1H3. The molecule has 1 atom stereocenters. The molecule has 0 fully saturated rings. The van der Waals surface area contributed by atoms with E-state index in [1.165, 1.54) is 16.5 Å². The number of benzene rings is 1. The van der Waals surface area contributed by atoms with Crippen LogP contribution < -0.4 is 5.56 Å². The largest absolute Gasteiger partial charge is 0.389 e. The zero-order valence-corrected chi connectivity index (χ0v) is 11.5. The van der Waals surface area contributed by atoms with Crippen LogP contribution in [0.3, 0.4) is 0 Å². The summed E-state index contributed by atoms with van der Waals surface area (Å²) in [6.07, 6.45) is 0.374. The van der Waals surface area contributed by atoms with E-state index in [1.807, 2.05) is 18.2 Å². The minimum Gasteiger partial charge on any atom is -0.389 e. The summed E-state index contributed by atoms with van der Waals surface area (Å²) in [7, 11) is 0. The lowest BCUT2D eigenvalue weighted by Crippen LogP contribution is -2.19. The molecule has 1 aromatic carbocycles. The number of pyridine rings is 2. The average Bonchev–Trinajstić information content (AvgIpc) is 2.48. The van der Waals surface area contributed by atoms with E-state index in [0.717, 1.165) is 6.20 Å². The fourth-order valence-corrected chi connectivity index (χ4v) is 2.48. The highest BCUT2D eigenvalue weighted by Gasteiger charge is 2.16. The first kappa shape index (κ1) is 13.5. The second-order valence-electron chi connectivity index (χ2n) is 4.96. The molecule has 3 nitrogen and oxygen atoms in total. The number of nitrogens with zero attached hydrogens (tertiary/aromatic N) is 1. The normalized spacial score (nSPS) is 12.5. The van der Waals surface area contributed by atoms with E-state index in [0.29, 0.717) is 22.2 Å². The van der Waals surface area contributed by atoms with Crippen molar-refractivity contribution in [3.8, 4) is 11.1 Å². The lowest BCUT2D eigenvalue weighted by atomic mass is 9.98. The summed E-state index contributed by atoms with van der Waals surface area (Å²) in [5.41, 5.74) is 1.86. The highest BCUT2D eigenvalue weighted by atomic mass is 19.1. The lowest BCUT2D eigenvalue weighted by molar-refractivity contribution is 0.200. The van der Waals surface area contributed by atoms with Gasteiger partial charge in [-0.05, 0) is 36.2 Å². The molecule has 0 bridgehead atoms. The molecule has 0 radical (unpaired) electrons. The third-order valence-corrected chi connectivity index (χ3v) is 3.48. The third-order valence-electron chi connectivity index (χ3n) is 3.48. The third kappa shape index (κ3) is 2.34. The molecule has 106 valence electrons. The molecule has 21 heavy (non-hydrogen) atoms. The van der Waals surface area contributed by atoms with Crippen molar-refractivity contribution >= 4 is 5.52 Å². The van der Waals surface area contributed by atoms with Gasteiger partial charge < -0.3 is 5.11 Å². The van der Waals surface area contributed by atoms with E-state index >= 15 is 0 Å². The minimum absolute atomic E-state index is 0.339. The fourth-order valence-electron chi connectivity index (χ4n) is 2.48. The number of rotatable bonds is 2. The predicted octanol–water partition coefficient (Wildman–Crippen LogP) is 3.16. The van der Waals surface area contributed by atoms with Gasteiger partial charge in [0.2, 0.25) is 0 Å². The Morgan fingerprint density at radius 3 is 2.52 bits per heavy atom. The Morgan fingerprint density at radius 2 is 1.86 bits per heavy atom. The lowest BCUT2D eigenvalue weighted by Gasteiger charge is -2.14. The van der Waals surface area contributed by atoms with Gasteiger partial charge in [0, 0.05) is 11.7 Å². The van der Waals surface area contributed by atoms with Crippen LogP contribution in [0.4, 0.5) is 4.39 Å². The van der Waals surface area contributed by atoms with Crippen molar-refractivity contribution in [1.82, 2.24) is 4.40 Å². The van der Waals surface area contributed by atoms with E-state index < -0.39 is 11.9 Å². The van der Waals surface area contributed by atoms with Crippen LogP contribution in [-0.4, -0.2) is 9.51 Å². The SMILES string of the molecule is CC(O)c1cc2ccc(F)cn2c(=O)c1-c1ccccc1. The van der Waals surface area contributed by atoms with Gasteiger partial charge in [0.1, 0.15) is 5.82 Å². The number of fused-ring (bicyclic) bond motifs is 1. The number of aromatic nitrogens is 1. The molecule has 3 aromatic rings. The highest BCUT2D eigenvalue weighted by molar-refractivity contribution is 5.70. The van der Waals surface area contributed by atoms with Gasteiger partial charge in [-0.1, -0.05) is 30.3 Å². The van der Waals surface area contributed by atoms with Gasteiger partial charge in [0.15, 0.2) is 0 Å². The Hall–Kier alpha value is -2.46. The van der Waals surface area contributed by atoms with Gasteiger partial charge in [-0.25, -0.2) is 4.39 Å². The summed E-state index contributed by atoms with van der Waals surface area (Å²) in [5.74, 6) is -0.478. The van der Waals surface area contributed by atoms with Crippen LogP contribution in [0.1, 0.15) is 18.6 Å². The fraction of sp³-hybridized carbons (Fsp3) is 0.118. The maximum atomic E-state index is 13.4. The molecule has 0 spiro atoms. The maximum Gasteiger partial charge on any atom is 0.263 e. The number of halogens is 1. The summed E-state index contributed by atoms with van der Waals surface area (Å²) in [5, 5.41) is 9.98. The Kier molecular flexibility index (Phi) is 3.31. The number of hydrogen-bond donors (Lipinski definition) is 1. The minimum atomic E-state index is -0.789. The molecular weight excluding hydrogens is 269 g/mol. The van der Waals surface area contributed by atoms with E-state index in [2.05, 4.69) is 0 Å². The van der Waals surface area contributed by atoms with Gasteiger partial charge >= 0.3 is 0 Å². The van der Waals surface area contributed by atoms with E-state index in [4.69, 9.17) is 0 Å². The molecule has 0 aliphatic rings. The van der Waals surface area contributed by atoms with Gasteiger partial charge in [-0.2, -0.15) is 0 Å². The zero-order valence-electron chi connectivity index (χ0n) is 11.5. The summed E-state index contributed by atoms with van der Waals surface area (Å²) in [6, 6.07) is 13.6. The molecular formula is C17H14FNO2. The second kappa shape index (κ2) is 5.14. The molecule has 2 heterocycles. The molecule has 4 heteroatoms. The number of aliphatic hydroxyl groups excluding tert-OH is 1. The molecule has 0 aliphatic carbocycles. The van der Waals surface area contributed by atoms with Crippen LogP contribution in [0.5, 0.6) is 0 Å². The first-order valence-electron chi connectivity index (χ1n) is 6.66. The summed E-state index contributed by atoms with van der Waals surface area (Å²) >= 11 is 0. The van der Waals surface area contributed by atoms with Crippen molar-refractivity contribution in [2.24, 2.45) is 0 Å². The maximum absolute atomic E-state index is 13.4. The molecule has 0 amide bonds. The molecule has 3 rings (SSSR count). The monoisotopic (exact) mass is 283 g/mol. The number of hydrogen-bond acceptors (Lipinski definition) is 2. The van der Waals surface area contributed by atoms with Crippen LogP contribution >= 0.6 is 0 Å². The van der Waals surface area contributed by atoms with Crippen molar-refractivity contribution < 1.29 is 9.50 Å². The molecule has 1 N–H and O–H groups in total. The van der Waals surface area contributed by atoms with Crippen LogP contribution in [0, 0.1) is 5.82 Å². The molecule has 0 aliphatic heterocycles. The summed E-state index contributed by atoms with van der Waals surface area (Å²) < 4.78 is 14.7. The van der Waals surface area contributed by atoms with Gasteiger partial charge in [-0.15, -0.1) is 0 Å². The second-order valence-corrected chi connectivity index (χ2v) is 4.96. The Balaban J connectivity index is 2.43. The van der Waals surface area contributed by atoms with Gasteiger partial charge in [-0.3, -0.25) is 9.20 Å². The van der Waals surface area contributed by atoms with Crippen molar-refractivity contribution in [3.63, 3.8) is 0 Å². The number of aliphatic hydroxyl groups is 1. The van der Waals surface area contributed by atoms with E-state index in [1.54, 1.807) is 25.1 Å². The summed E-state index contributed by atoms with van der Waals surface area (Å²) in [6.45, 7) is 1.61. The van der Waals surface area contributed by atoms with Crippen LogP contribution in [0.2, 0.25) is 0 Å². The quantitative estimate of drug-likeness (QED) is 0.785. The van der Waals surface area contributed by atoms with Crippen molar-refractivity contribution in [3.05, 3.63) is 76.5 Å². The first-order chi connectivity index (χ1) is 10.1. The first-order valence-corrected chi connectivity index (χ1v) is 6.66. The van der Waals surface area contributed by atoms with Crippen LogP contribution in [0.15, 0.2) is 59.5 Å². The smallest absolute Gasteiger partial charge is 0.263 e. The topological polar surface area (TPSA) is 41.7 Å². The zero-order chi connectivity index (χ0) is 15.0. The van der Waals surface area contributed by atoms with Crippen LogP contribution in [0.25, 0.3) is 16.6 Å². The molecule has 2 aromatic heterocycles. The van der Waals surface area contributed by atoms with E-state index in [9.17, 15) is 14.3 Å². The Morgan fingerprint density at radius 1 is 1.14 bits per heavy atom. The van der Waals surface area contributed by atoms with E-state index in [-0.39, 0.29) is 5.56 Å². The van der Waals surface area contributed by atoms with Gasteiger partial charge in [0.05, 0.1) is 11.7 Å².